The molecule has 1 rings (SSSR count). The second kappa shape index (κ2) is 8.89. The van der Waals surface area contributed by atoms with E-state index in [1.807, 2.05) is 0 Å². The number of ether oxygens (including phenoxy) is 1. The maximum Gasteiger partial charge on any atom is 0.0610 e. The zero-order valence-corrected chi connectivity index (χ0v) is 14.8. The largest absolute Gasteiger partial charge is 0.374 e. The smallest absolute Gasteiger partial charge is 0.0610 e. The third kappa shape index (κ3) is 4.73. The molecule has 1 heterocycles. The summed E-state index contributed by atoms with van der Waals surface area (Å²) >= 11 is 0. The van der Waals surface area contributed by atoms with Crippen molar-refractivity contribution in [3.8, 4) is 0 Å². The third-order valence-corrected chi connectivity index (χ3v) is 5.99. The molecule has 0 amide bonds. The van der Waals surface area contributed by atoms with Gasteiger partial charge in [-0.25, -0.2) is 0 Å². The van der Waals surface area contributed by atoms with Gasteiger partial charge in [0.1, 0.15) is 0 Å². The number of rotatable bonds is 8. The summed E-state index contributed by atoms with van der Waals surface area (Å²) in [4.78, 5) is 0. The molecule has 0 aromatic rings. The number of hydrogen-bond donors (Lipinski definition) is 0. The molecule has 0 saturated carbocycles. The van der Waals surface area contributed by atoms with Crippen molar-refractivity contribution in [3.05, 3.63) is 0 Å². The highest BCUT2D eigenvalue weighted by atomic mass is 32.0. The Kier molecular flexibility index (Phi) is 8.33. The molecular formula is C15H32OP2. The second-order valence-corrected chi connectivity index (χ2v) is 8.15. The lowest BCUT2D eigenvalue weighted by Gasteiger charge is -2.21. The molecule has 1 saturated heterocycles. The van der Waals surface area contributed by atoms with Crippen LogP contribution in [0.1, 0.15) is 59.8 Å². The molecule has 1 aliphatic heterocycles. The summed E-state index contributed by atoms with van der Waals surface area (Å²) in [7, 11) is 3.89. The molecule has 0 aromatic heterocycles. The van der Waals surface area contributed by atoms with Gasteiger partial charge < -0.3 is 4.74 Å². The zero-order chi connectivity index (χ0) is 13.5. The Labute approximate surface area is 118 Å². The van der Waals surface area contributed by atoms with Crippen LogP contribution in [0.2, 0.25) is 0 Å². The lowest BCUT2D eigenvalue weighted by atomic mass is 9.82. The molecule has 7 atom stereocenters. The molecule has 0 aliphatic carbocycles. The van der Waals surface area contributed by atoms with Crippen LogP contribution in [0.4, 0.5) is 0 Å². The maximum absolute atomic E-state index is 6.37. The second-order valence-electron chi connectivity index (χ2n) is 6.02. The van der Waals surface area contributed by atoms with Crippen molar-refractivity contribution in [2.45, 2.75) is 72.0 Å². The van der Waals surface area contributed by atoms with E-state index in [1.165, 1.54) is 38.3 Å². The average molecular weight is 290 g/mol. The highest BCUT2D eigenvalue weighted by molar-refractivity contribution is 8.02. The molecule has 1 nitrogen and oxygen atoms in total. The van der Waals surface area contributed by atoms with E-state index < -0.39 is 0 Å². The lowest BCUT2D eigenvalue weighted by molar-refractivity contribution is 0.0129. The van der Waals surface area contributed by atoms with Gasteiger partial charge in [0, 0.05) is 0 Å². The fourth-order valence-electron chi connectivity index (χ4n) is 3.38. The van der Waals surface area contributed by atoms with Gasteiger partial charge >= 0.3 is 0 Å². The molecule has 0 spiro atoms. The Balaban J connectivity index is 2.46. The van der Waals surface area contributed by atoms with Crippen molar-refractivity contribution in [1.82, 2.24) is 0 Å². The van der Waals surface area contributed by atoms with Crippen molar-refractivity contribution in [2.75, 3.05) is 6.16 Å². The molecule has 0 N–H and O–H groups in total. The van der Waals surface area contributed by atoms with Crippen LogP contribution in [0, 0.1) is 17.8 Å². The molecule has 1 aliphatic rings. The third-order valence-electron chi connectivity index (χ3n) is 4.55. The highest BCUT2D eigenvalue weighted by Gasteiger charge is 2.40. The summed E-state index contributed by atoms with van der Waals surface area (Å²) < 4.78 is 6.37. The Hall–Kier alpha value is 0.820. The van der Waals surface area contributed by atoms with E-state index in [0.717, 1.165) is 26.0 Å². The first-order valence-electron chi connectivity index (χ1n) is 7.72. The molecule has 108 valence electrons. The summed E-state index contributed by atoms with van der Waals surface area (Å²) in [6.45, 7) is 9.42. The molecule has 0 radical (unpaired) electrons. The van der Waals surface area contributed by atoms with E-state index in [4.69, 9.17) is 4.74 Å². The predicted molar refractivity (Wildman–Crippen MR) is 87.8 cm³/mol. The maximum atomic E-state index is 6.37. The minimum atomic E-state index is 0.523. The van der Waals surface area contributed by atoms with Crippen molar-refractivity contribution < 1.29 is 4.74 Å². The van der Waals surface area contributed by atoms with Crippen LogP contribution < -0.4 is 0 Å². The van der Waals surface area contributed by atoms with Gasteiger partial charge in [-0.2, -0.15) is 0 Å². The molecular weight excluding hydrogens is 258 g/mol. The minimum Gasteiger partial charge on any atom is -0.374 e. The van der Waals surface area contributed by atoms with Crippen LogP contribution in [0.5, 0.6) is 0 Å². The standard InChI is InChI=1S/C15H32OP2/c1-5-7-14-13(6-2)12(4)15(16-14)10-11(3)8-9-18-17/h11-15,18H,5-10,17H2,1-4H3/t11-,12-,13-,14+,15-/m1/s1. The van der Waals surface area contributed by atoms with Crippen molar-refractivity contribution >= 4 is 17.2 Å². The topological polar surface area (TPSA) is 9.23 Å². The molecule has 18 heavy (non-hydrogen) atoms. The first-order valence-corrected chi connectivity index (χ1v) is 10.7. The van der Waals surface area contributed by atoms with Gasteiger partial charge in [0.15, 0.2) is 0 Å². The van der Waals surface area contributed by atoms with E-state index in [1.54, 1.807) is 0 Å². The fourth-order valence-corrected chi connectivity index (χ4v) is 4.54. The van der Waals surface area contributed by atoms with E-state index in [9.17, 15) is 0 Å². The lowest BCUT2D eigenvalue weighted by Crippen LogP contribution is -2.20. The van der Waals surface area contributed by atoms with Gasteiger partial charge in [-0.05, 0) is 43.2 Å². The Morgan fingerprint density at radius 1 is 1.28 bits per heavy atom. The normalized spacial score (nSPS) is 34.5. The van der Waals surface area contributed by atoms with Crippen LogP contribution >= 0.6 is 17.2 Å². The van der Waals surface area contributed by atoms with Crippen LogP contribution in [0.15, 0.2) is 0 Å². The van der Waals surface area contributed by atoms with Crippen molar-refractivity contribution in [2.24, 2.45) is 17.8 Å². The Morgan fingerprint density at radius 3 is 2.56 bits per heavy atom. The Morgan fingerprint density at radius 2 is 2.00 bits per heavy atom. The van der Waals surface area contributed by atoms with Crippen LogP contribution in [-0.2, 0) is 4.74 Å². The van der Waals surface area contributed by atoms with E-state index in [2.05, 4.69) is 36.6 Å². The first-order chi connectivity index (χ1) is 8.63. The SMILES string of the molecule is CCC[C@@H]1O[C@H](C[C@H](C)CCPP)[C@H](C)[C@H]1CC. The fraction of sp³-hybridized carbons (Fsp3) is 1.00. The van der Waals surface area contributed by atoms with Crippen LogP contribution in [-0.4, -0.2) is 18.4 Å². The summed E-state index contributed by atoms with van der Waals surface area (Å²) in [6, 6.07) is 0. The zero-order valence-electron chi connectivity index (χ0n) is 12.6. The molecule has 0 bridgehead atoms. The van der Waals surface area contributed by atoms with Gasteiger partial charge in [0.2, 0.25) is 0 Å². The van der Waals surface area contributed by atoms with Gasteiger partial charge in [0.25, 0.3) is 0 Å². The van der Waals surface area contributed by atoms with E-state index in [-0.39, 0.29) is 0 Å². The van der Waals surface area contributed by atoms with Crippen molar-refractivity contribution in [1.29, 1.82) is 0 Å². The summed E-state index contributed by atoms with van der Waals surface area (Å²) in [6.07, 6.45) is 8.85. The predicted octanol–water partition coefficient (Wildman–Crippen LogP) is 5.10. The quantitative estimate of drug-likeness (QED) is 0.565. The van der Waals surface area contributed by atoms with Crippen LogP contribution in [0.25, 0.3) is 0 Å². The summed E-state index contributed by atoms with van der Waals surface area (Å²) in [5, 5.41) is 0. The van der Waals surface area contributed by atoms with Crippen molar-refractivity contribution in [3.63, 3.8) is 0 Å². The highest BCUT2D eigenvalue weighted by Crippen LogP contribution is 2.39. The van der Waals surface area contributed by atoms with E-state index in [0.29, 0.717) is 12.2 Å². The molecule has 1 fully saturated rings. The van der Waals surface area contributed by atoms with Gasteiger partial charge in [-0.3, -0.25) is 0 Å². The number of hydrogen-bond acceptors (Lipinski definition) is 1. The summed E-state index contributed by atoms with van der Waals surface area (Å²) in [5.41, 5.74) is 0. The molecule has 0 aromatic carbocycles. The molecule has 2 unspecified atom stereocenters. The monoisotopic (exact) mass is 290 g/mol. The average Bonchev–Trinajstić information content (AvgIpc) is 2.63. The Bertz CT molecular complexity index is 223. The van der Waals surface area contributed by atoms with Gasteiger partial charge in [-0.1, -0.05) is 40.5 Å². The molecule has 3 heteroatoms. The van der Waals surface area contributed by atoms with Gasteiger partial charge in [-0.15, -0.1) is 17.2 Å². The summed E-state index contributed by atoms with van der Waals surface area (Å²) in [5.74, 6) is 2.38. The van der Waals surface area contributed by atoms with Crippen LogP contribution in [0.3, 0.4) is 0 Å². The van der Waals surface area contributed by atoms with E-state index >= 15 is 0 Å². The first kappa shape index (κ1) is 16.9. The minimum absolute atomic E-state index is 0.523. The van der Waals surface area contributed by atoms with Gasteiger partial charge in [0.05, 0.1) is 12.2 Å².